The van der Waals surface area contributed by atoms with Crippen LogP contribution >= 0.6 is 0 Å². The maximum atomic E-state index is 15.5. The quantitative estimate of drug-likeness (QED) is 0.677. The zero-order chi connectivity index (χ0) is 20.2. The molecule has 0 atom stereocenters. The number of fused-ring (bicyclic) bond motifs is 1. The van der Waals surface area contributed by atoms with E-state index >= 15 is 8.78 Å². The third-order valence-corrected chi connectivity index (χ3v) is 5.51. The molecule has 2 fully saturated rings. The summed E-state index contributed by atoms with van der Waals surface area (Å²) < 4.78 is 44.6. The molecule has 1 aliphatic carbocycles. The van der Waals surface area contributed by atoms with E-state index < -0.39 is 52.9 Å². The van der Waals surface area contributed by atoms with Crippen LogP contribution in [0.3, 0.4) is 0 Å². The number of carbonyl (C=O) groups is 1. The van der Waals surface area contributed by atoms with Gasteiger partial charge in [0.05, 0.1) is 23.1 Å². The first-order valence-electron chi connectivity index (χ1n) is 8.92. The Morgan fingerprint density at radius 2 is 2.04 bits per heavy atom. The van der Waals surface area contributed by atoms with Crippen molar-refractivity contribution in [2.45, 2.75) is 24.9 Å². The second-order valence-corrected chi connectivity index (χ2v) is 7.30. The first-order chi connectivity index (χ1) is 13.3. The van der Waals surface area contributed by atoms with Crippen LogP contribution in [0, 0.1) is 11.6 Å². The van der Waals surface area contributed by atoms with Crippen LogP contribution in [0.25, 0.3) is 10.9 Å². The molecular formula is C18H19F3N4O3. The normalized spacial score (nSPS) is 18.0. The van der Waals surface area contributed by atoms with E-state index in [0.717, 1.165) is 23.6 Å². The number of aromatic nitrogens is 1. The van der Waals surface area contributed by atoms with Crippen molar-refractivity contribution in [1.82, 2.24) is 9.88 Å². The molecule has 0 amide bonds. The Kier molecular flexibility index (Phi) is 4.25. The van der Waals surface area contributed by atoms with Crippen molar-refractivity contribution in [2.24, 2.45) is 0 Å². The van der Waals surface area contributed by atoms with Gasteiger partial charge in [0.25, 0.3) is 0 Å². The molecule has 4 N–H and O–H groups in total. The fourth-order valence-electron chi connectivity index (χ4n) is 3.93. The third kappa shape index (κ3) is 2.70. The highest BCUT2D eigenvalue weighted by Crippen LogP contribution is 2.41. The van der Waals surface area contributed by atoms with Crippen molar-refractivity contribution < 1.29 is 23.1 Å². The average molecular weight is 396 g/mol. The Labute approximate surface area is 157 Å². The summed E-state index contributed by atoms with van der Waals surface area (Å²) in [5.74, 6) is -3.72. The summed E-state index contributed by atoms with van der Waals surface area (Å²) in [6.45, 7) is -0.0801. The summed E-state index contributed by atoms with van der Waals surface area (Å²) in [4.78, 5) is 25.4. The third-order valence-electron chi connectivity index (χ3n) is 5.51. The van der Waals surface area contributed by atoms with E-state index in [1.807, 2.05) is 0 Å². The molecule has 1 aromatic heterocycles. The Balaban J connectivity index is 2.01. The molecule has 1 saturated heterocycles. The largest absolute Gasteiger partial charge is 0.477 e. The smallest absolute Gasteiger partial charge is 0.341 e. The molecule has 0 bridgehead atoms. The molecule has 2 heterocycles. The summed E-state index contributed by atoms with van der Waals surface area (Å²) in [5, 5.41) is 12.0. The number of nitrogens with zero attached hydrogens (tertiary/aromatic N) is 2. The standard InChI is InChI=1S/C18H19F3N4O3/c19-3-5-24-7-9(17(27)28)16(26)10-13(22)11(20)15(12(21)14(10)24)25-6-4-23-18(8-25)1-2-18/h7,23H,1-6,8,22H2,(H,27,28). The van der Waals surface area contributed by atoms with Crippen molar-refractivity contribution >= 4 is 28.2 Å². The highest BCUT2D eigenvalue weighted by Gasteiger charge is 2.46. The lowest BCUT2D eigenvalue weighted by Crippen LogP contribution is -2.53. The number of aryl methyl sites for hydroxylation is 1. The lowest BCUT2D eigenvalue weighted by molar-refractivity contribution is 0.0694. The zero-order valence-electron chi connectivity index (χ0n) is 14.9. The molecule has 150 valence electrons. The lowest BCUT2D eigenvalue weighted by Gasteiger charge is -2.36. The number of hydrogen-bond donors (Lipinski definition) is 3. The van der Waals surface area contributed by atoms with Crippen LogP contribution in [-0.4, -0.2) is 47.5 Å². The van der Waals surface area contributed by atoms with E-state index in [4.69, 9.17) is 5.73 Å². The number of halogens is 3. The van der Waals surface area contributed by atoms with Gasteiger partial charge >= 0.3 is 5.97 Å². The van der Waals surface area contributed by atoms with Crippen molar-refractivity contribution in [2.75, 3.05) is 36.9 Å². The molecule has 1 spiro atoms. The van der Waals surface area contributed by atoms with Gasteiger partial charge in [0.2, 0.25) is 5.43 Å². The van der Waals surface area contributed by atoms with E-state index in [9.17, 15) is 19.1 Å². The minimum Gasteiger partial charge on any atom is -0.477 e. The predicted octanol–water partition coefficient (Wildman–Crippen LogP) is 1.47. The summed E-state index contributed by atoms with van der Waals surface area (Å²) >= 11 is 0. The number of nitrogens with one attached hydrogen (secondary N) is 1. The minimum absolute atomic E-state index is 0.174. The topological polar surface area (TPSA) is 101 Å². The molecule has 1 aliphatic heterocycles. The molecule has 7 nitrogen and oxygen atoms in total. The molecule has 10 heteroatoms. The van der Waals surface area contributed by atoms with Crippen LogP contribution in [-0.2, 0) is 6.54 Å². The van der Waals surface area contributed by atoms with E-state index in [1.165, 1.54) is 0 Å². The average Bonchev–Trinajstić information content (AvgIpc) is 3.39. The number of alkyl halides is 1. The van der Waals surface area contributed by atoms with Crippen LogP contribution in [0.15, 0.2) is 11.0 Å². The second-order valence-electron chi connectivity index (χ2n) is 7.30. The van der Waals surface area contributed by atoms with Gasteiger partial charge in [-0.05, 0) is 12.8 Å². The molecule has 0 radical (unpaired) electrons. The van der Waals surface area contributed by atoms with Crippen LogP contribution < -0.4 is 21.4 Å². The number of anilines is 2. The van der Waals surface area contributed by atoms with Crippen molar-refractivity contribution in [1.29, 1.82) is 0 Å². The van der Waals surface area contributed by atoms with Gasteiger partial charge in [0, 0.05) is 31.4 Å². The number of pyridine rings is 1. The van der Waals surface area contributed by atoms with Gasteiger partial charge in [0.15, 0.2) is 11.6 Å². The fourth-order valence-corrected chi connectivity index (χ4v) is 3.93. The summed E-state index contributed by atoms with van der Waals surface area (Å²) in [6.07, 6.45) is 2.66. The van der Waals surface area contributed by atoms with Gasteiger partial charge in [-0.15, -0.1) is 0 Å². The lowest BCUT2D eigenvalue weighted by atomic mass is 10.0. The maximum Gasteiger partial charge on any atom is 0.341 e. The number of nitrogen functional groups attached to an aromatic ring is 1. The molecule has 28 heavy (non-hydrogen) atoms. The number of carboxylic acid groups (broad SMARTS) is 1. The second kappa shape index (κ2) is 6.40. The fraction of sp³-hybridized carbons (Fsp3) is 0.444. The SMILES string of the molecule is Nc1c(F)c(N2CCNC3(CC3)C2)c(F)c2c1c(=O)c(C(=O)O)cn2CCF. The van der Waals surface area contributed by atoms with Crippen LogP contribution in [0.1, 0.15) is 23.2 Å². The number of hydrogen-bond acceptors (Lipinski definition) is 5. The number of benzene rings is 1. The summed E-state index contributed by atoms with van der Waals surface area (Å²) in [5.41, 5.74) is 2.45. The van der Waals surface area contributed by atoms with Crippen LogP contribution in [0.5, 0.6) is 0 Å². The van der Waals surface area contributed by atoms with Crippen molar-refractivity contribution in [3.63, 3.8) is 0 Å². The van der Waals surface area contributed by atoms with Crippen LogP contribution in [0.4, 0.5) is 24.5 Å². The number of aromatic carboxylic acids is 1. The van der Waals surface area contributed by atoms with E-state index in [0.29, 0.717) is 19.6 Å². The Morgan fingerprint density at radius 3 is 2.64 bits per heavy atom. The molecule has 2 aromatic rings. The van der Waals surface area contributed by atoms with Gasteiger partial charge in [0.1, 0.15) is 17.9 Å². The summed E-state index contributed by atoms with van der Waals surface area (Å²) in [6, 6.07) is 0. The van der Waals surface area contributed by atoms with Gasteiger partial charge in [-0.25, -0.2) is 18.0 Å². The Morgan fingerprint density at radius 1 is 1.32 bits per heavy atom. The molecule has 1 aromatic carbocycles. The predicted molar refractivity (Wildman–Crippen MR) is 97.7 cm³/mol. The Hall–Kier alpha value is -2.75. The van der Waals surface area contributed by atoms with Gasteiger partial charge in [-0.1, -0.05) is 0 Å². The molecule has 0 unspecified atom stereocenters. The van der Waals surface area contributed by atoms with Gasteiger partial charge < -0.3 is 25.6 Å². The van der Waals surface area contributed by atoms with E-state index in [2.05, 4.69) is 5.32 Å². The zero-order valence-corrected chi connectivity index (χ0v) is 14.9. The van der Waals surface area contributed by atoms with Gasteiger partial charge in [-0.3, -0.25) is 4.79 Å². The molecule has 4 rings (SSSR count). The van der Waals surface area contributed by atoms with Crippen LogP contribution in [0.2, 0.25) is 0 Å². The molecule has 2 aliphatic rings. The molecule has 1 saturated carbocycles. The van der Waals surface area contributed by atoms with Crippen molar-refractivity contribution in [3.8, 4) is 0 Å². The number of piperazine rings is 1. The maximum absolute atomic E-state index is 15.5. The van der Waals surface area contributed by atoms with Crippen molar-refractivity contribution in [3.05, 3.63) is 33.6 Å². The Bertz CT molecular complexity index is 1050. The minimum atomic E-state index is -1.58. The van der Waals surface area contributed by atoms with Gasteiger partial charge in [-0.2, -0.15) is 0 Å². The number of carboxylic acids is 1. The van der Waals surface area contributed by atoms with E-state index in [-0.39, 0.29) is 16.7 Å². The monoisotopic (exact) mass is 396 g/mol. The first-order valence-corrected chi connectivity index (χ1v) is 8.92. The summed E-state index contributed by atoms with van der Waals surface area (Å²) in [7, 11) is 0. The highest BCUT2D eigenvalue weighted by atomic mass is 19.1. The molecular weight excluding hydrogens is 377 g/mol. The first kappa shape index (κ1) is 18.6. The number of rotatable bonds is 4. The number of nitrogens with two attached hydrogens (primary N) is 1. The van der Waals surface area contributed by atoms with E-state index in [1.54, 1.807) is 4.90 Å². The highest BCUT2D eigenvalue weighted by molar-refractivity contribution is 5.99.